The third-order valence-corrected chi connectivity index (χ3v) is 5.66. The Hall–Kier alpha value is -1.63. The molecule has 6 nitrogen and oxygen atoms in total. The number of ether oxygens (including phenoxy) is 2. The van der Waals surface area contributed by atoms with Gasteiger partial charge in [0.15, 0.2) is 0 Å². The van der Waals surface area contributed by atoms with Crippen LogP contribution in [0.15, 0.2) is 18.2 Å². The summed E-state index contributed by atoms with van der Waals surface area (Å²) in [7, 11) is 1.52. The van der Waals surface area contributed by atoms with E-state index in [1.54, 1.807) is 18.2 Å². The first-order valence-corrected chi connectivity index (χ1v) is 8.90. The molecule has 2 aliphatic heterocycles. The standard InChI is InChI=1S/C19H27NO5/c1-24-17-10-14(11-21)2-3-16(17)18(23)20-13-19(5-4-15(20)12-22)6-8-25-9-7-19/h2-3,10,15,21-22H,4-9,11-13H2,1H3. The average molecular weight is 349 g/mol. The topological polar surface area (TPSA) is 79.2 Å². The lowest BCUT2D eigenvalue weighted by Crippen LogP contribution is -2.54. The molecule has 0 aliphatic carbocycles. The predicted molar refractivity (Wildman–Crippen MR) is 92.5 cm³/mol. The van der Waals surface area contributed by atoms with Crippen molar-refractivity contribution in [2.75, 3.05) is 33.5 Å². The van der Waals surface area contributed by atoms with Crippen molar-refractivity contribution >= 4 is 5.91 Å². The summed E-state index contributed by atoms with van der Waals surface area (Å²) in [4.78, 5) is 15.0. The molecule has 0 bridgehead atoms. The maximum atomic E-state index is 13.2. The fourth-order valence-corrected chi connectivity index (χ4v) is 4.00. The second kappa shape index (κ2) is 7.72. The lowest BCUT2D eigenvalue weighted by molar-refractivity contribution is -0.0436. The van der Waals surface area contributed by atoms with Crippen LogP contribution in [0, 0.1) is 5.41 Å². The van der Waals surface area contributed by atoms with Crippen LogP contribution in [-0.2, 0) is 11.3 Å². The van der Waals surface area contributed by atoms with Gasteiger partial charge in [0, 0.05) is 19.8 Å². The minimum Gasteiger partial charge on any atom is -0.496 e. The second-order valence-electron chi connectivity index (χ2n) is 7.11. The molecule has 2 aliphatic rings. The Morgan fingerprint density at radius 3 is 2.72 bits per heavy atom. The summed E-state index contributed by atoms with van der Waals surface area (Å²) >= 11 is 0. The van der Waals surface area contributed by atoms with E-state index in [1.807, 2.05) is 4.90 Å². The highest BCUT2D eigenvalue weighted by molar-refractivity contribution is 5.97. The normalized spacial score (nSPS) is 22.8. The van der Waals surface area contributed by atoms with E-state index in [0.29, 0.717) is 23.4 Å². The van der Waals surface area contributed by atoms with Gasteiger partial charge in [-0.2, -0.15) is 0 Å². The molecule has 2 saturated heterocycles. The number of hydrogen-bond donors (Lipinski definition) is 2. The Kier molecular flexibility index (Phi) is 5.61. The Labute approximate surface area is 148 Å². The van der Waals surface area contributed by atoms with Gasteiger partial charge >= 0.3 is 0 Å². The molecule has 6 heteroatoms. The van der Waals surface area contributed by atoms with E-state index >= 15 is 0 Å². The quantitative estimate of drug-likeness (QED) is 0.863. The molecule has 1 atom stereocenters. The highest BCUT2D eigenvalue weighted by Gasteiger charge is 2.42. The molecule has 138 valence electrons. The Morgan fingerprint density at radius 2 is 2.08 bits per heavy atom. The third kappa shape index (κ3) is 3.66. The van der Waals surface area contributed by atoms with Gasteiger partial charge in [-0.15, -0.1) is 0 Å². The molecule has 1 unspecified atom stereocenters. The lowest BCUT2D eigenvalue weighted by atomic mass is 9.72. The lowest BCUT2D eigenvalue weighted by Gasteiger charge is -2.48. The SMILES string of the molecule is COc1cc(CO)ccc1C(=O)N1CC2(CCOCC2)CCC1CO. The van der Waals surface area contributed by atoms with E-state index in [4.69, 9.17) is 9.47 Å². The van der Waals surface area contributed by atoms with Crippen molar-refractivity contribution in [2.45, 2.75) is 38.3 Å². The average Bonchev–Trinajstić information content (AvgIpc) is 2.67. The zero-order valence-electron chi connectivity index (χ0n) is 14.7. The van der Waals surface area contributed by atoms with Gasteiger partial charge in [-0.05, 0) is 48.8 Å². The number of aliphatic hydroxyl groups is 2. The molecule has 2 N–H and O–H groups in total. The number of rotatable bonds is 4. The maximum Gasteiger partial charge on any atom is 0.257 e. The number of nitrogens with zero attached hydrogens (tertiary/aromatic N) is 1. The first-order valence-electron chi connectivity index (χ1n) is 8.90. The van der Waals surface area contributed by atoms with Crippen molar-refractivity contribution < 1.29 is 24.5 Å². The Bertz CT molecular complexity index is 612. The smallest absolute Gasteiger partial charge is 0.257 e. The summed E-state index contributed by atoms with van der Waals surface area (Å²) in [6, 6.07) is 4.96. The molecule has 25 heavy (non-hydrogen) atoms. The number of benzene rings is 1. The van der Waals surface area contributed by atoms with E-state index in [0.717, 1.165) is 38.9 Å². The maximum absolute atomic E-state index is 13.2. The summed E-state index contributed by atoms with van der Waals surface area (Å²) < 4.78 is 10.9. The van der Waals surface area contributed by atoms with Gasteiger partial charge in [-0.1, -0.05) is 6.07 Å². The minimum atomic E-state index is -0.164. The van der Waals surface area contributed by atoms with Crippen LogP contribution in [0.2, 0.25) is 0 Å². The molecule has 0 radical (unpaired) electrons. The number of hydrogen-bond acceptors (Lipinski definition) is 5. The van der Waals surface area contributed by atoms with Crippen LogP contribution in [0.25, 0.3) is 0 Å². The van der Waals surface area contributed by atoms with Crippen molar-refractivity contribution in [3.05, 3.63) is 29.3 Å². The first kappa shape index (κ1) is 18.2. The number of carbonyl (C=O) groups is 1. The zero-order chi connectivity index (χ0) is 17.9. The van der Waals surface area contributed by atoms with Crippen molar-refractivity contribution in [1.82, 2.24) is 4.90 Å². The predicted octanol–water partition coefficient (Wildman–Crippen LogP) is 1.58. The van der Waals surface area contributed by atoms with Gasteiger partial charge in [0.2, 0.25) is 0 Å². The molecule has 1 aromatic rings. The molecule has 1 amide bonds. The summed E-state index contributed by atoms with van der Waals surface area (Å²) in [5.74, 6) is 0.339. The van der Waals surface area contributed by atoms with Crippen LogP contribution in [0.5, 0.6) is 5.75 Å². The molecule has 1 spiro atoms. The fourth-order valence-electron chi connectivity index (χ4n) is 4.00. The van der Waals surface area contributed by atoms with Crippen LogP contribution in [0.4, 0.5) is 0 Å². The van der Waals surface area contributed by atoms with Crippen LogP contribution in [0.1, 0.15) is 41.6 Å². The molecule has 1 aromatic carbocycles. The van der Waals surface area contributed by atoms with Gasteiger partial charge in [0.05, 0.1) is 31.9 Å². The number of aliphatic hydroxyl groups excluding tert-OH is 2. The van der Waals surface area contributed by atoms with Crippen molar-refractivity contribution in [2.24, 2.45) is 5.41 Å². The summed E-state index contributed by atoms with van der Waals surface area (Å²) in [5.41, 5.74) is 1.27. The molecule has 0 saturated carbocycles. The van der Waals surface area contributed by atoms with Crippen LogP contribution in [-0.4, -0.2) is 60.5 Å². The van der Waals surface area contributed by atoms with Gasteiger partial charge in [0.1, 0.15) is 5.75 Å². The largest absolute Gasteiger partial charge is 0.496 e. The Morgan fingerprint density at radius 1 is 1.32 bits per heavy atom. The number of carbonyl (C=O) groups excluding carboxylic acids is 1. The summed E-state index contributed by atoms with van der Waals surface area (Å²) in [6.07, 6.45) is 3.73. The highest BCUT2D eigenvalue weighted by atomic mass is 16.5. The third-order valence-electron chi connectivity index (χ3n) is 5.66. The van der Waals surface area contributed by atoms with Gasteiger partial charge in [-0.3, -0.25) is 4.79 Å². The van der Waals surface area contributed by atoms with E-state index in [-0.39, 0.29) is 30.6 Å². The number of piperidine rings is 1. The van der Waals surface area contributed by atoms with E-state index in [1.165, 1.54) is 7.11 Å². The zero-order valence-corrected chi connectivity index (χ0v) is 14.7. The van der Waals surface area contributed by atoms with Crippen LogP contribution < -0.4 is 4.74 Å². The highest BCUT2D eigenvalue weighted by Crippen LogP contribution is 2.41. The molecular formula is C19H27NO5. The molecule has 3 rings (SSSR count). The molecule has 2 fully saturated rings. The first-order chi connectivity index (χ1) is 12.1. The van der Waals surface area contributed by atoms with Gasteiger partial charge in [0.25, 0.3) is 5.91 Å². The summed E-state index contributed by atoms with van der Waals surface area (Å²) in [5, 5.41) is 19.1. The van der Waals surface area contributed by atoms with Crippen LogP contribution >= 0.6 is 0 Å². The summed E-state index contributed by atoms with van der Waals surface area (Å²) in [6.45, 7) is 1.98. The van der Waals surface area contributed by atoms with Crippen molar-refractivity contribution in [3.8, 4) is 5.75 Å². The van der Waals surface area contributed by atoms with Crippen LogP contribution in [0.3, 0.4) is 0 Å². The molecule has 2 heterocycles. The minimum absolute atomic E-state index is 0.0324. The van der Waals surface area contributed by atoms with Gasteiger partial charge in [-0.25, -0.2) is 0 Å². The van der Waals surface area contributed by atoms with Crippen molar-refractivity contribution in [1.29, 1.82) is 0 Å². The second-order valence-corrected chi connectivity index (χ2v) is 7.11. The van der Waals surface area contributed by atoms with Gasteiger partial charge < -0.3 is 24.6 Å². The fraction of sp³-hybridized carbons (Fsp3) is 0.632. The monoisotopic (exact) mass is 349 g/mol. The molecule has 0 aromatic heterocycles. The number of likely N-dealkylation sites (tertiary alicyclic amines) is 1. The van der Waals surface area contributed by atoms with Crippen molar-refractivity contribution in [3.63, 3.8) is 0 Å². The number of methoxy groups -OCH3 is 1. The number of amides is 1. The van der Waals surface area contributed by atoms with E-state index in [2.05, 4.69) is 0 Å². The van der Waals surface area contributed by atoms with E-state index in [9.17, 15) is 15.0 Å². The Balaban J connectivity index is 1.87. The molecular weight excluding hydrogens is 322 g/mol. The van der Waals surface area contributed by atoms with E-state index < -0.39 is 0 Å².